The summed E-state index contributed by atoms with van der Waals surface area (Å²) in [6.45, 7) is 2.00. The molecule has 0 radical (unpaired) electrons. The fourth-order valence-electron chi connectivity index (χ4n) is 2.85. The van der Waals surface area contributed by atoms with Gasteiger partial charge in [-0.15, -0.1) is 0 Å². The van der Waals surface area contributed by atoms with Crippen molar-refractivity contribution in [3.05, 3.63) is 89.8 Å². The maximum absolute atomic E-state index is 13.3. The van der Waals surface area contributed by atoms with E-state index in [1.165, 1.54) is 6.07 Å². The first-order chi connectivity index (χ1) is 12.0. The lowest BCUT2D eigenvalue weighted by Crippen LogP contribution is -2.20. The topological polar surface area (TPSA) is 34.0 Å². The molecule has 3 aromatic rings. The third-order valence-corrected chi connectivity index (χ3v) is 4.12. The van der Waals surface area contributed by atoms with Crippen LogP contribution in [0, 0.1) is 18.6 Å². The van der Waals surface area contributed by atoms with E-state index in [9.17, 15) is 13.6 Å². The van der Waals surface area contributed by atoms with E-state index in [2.05, 4.69) is 5.32 Å². The van der Waals surface area contributed by atoms with E-state index < -0.39 is 11.6 Å². The van der Waals surface area contributed by atoms with Gasteiger partial charge in [0.05, 0.1) is 12.5 Å². The molecule has 1 heterocycles. The van der Waals surface area contributed by atoms with Gasteiger partial charge in [-0.1, -0.05) is 24.3 Å². The standard InChI is InChI=1S/C20H18F2N2O/c1-14-6-2-3-7-16(14)19(24-10-4-5-11-24)13-20(25)23-15-8-9-17(21)18(22)12-15/h2-12,19H,13H2,1H3,(H,23,25)/t19-/m1/s1. The highest BCUT2D eigenvalue weighted by Gasteiger charge is 2.19. The molecule has 5 heteroatoms. The van der Waals surface area contributed by atoms with Crippen LogP contribution in [0.2, 0.25) is 0 Å². The summed E-state index contributed by atoms with van der Waals surface area (Å²) in [6, 6.07) is 14.8. The summed E-state index contributed by atoms with van der Waals surface area (Å²) in [7, 11) is 0. The van der Waals surface area contributed by atoms with Crippen molar-refractivity contribution in [3.63, 3.8) is 0 Å². The first-order valence-electron chi connectivity index (χ1n) is 7.97. The van der Waals surface area contributed by atoms with Crippen LogP contribution in [0.25, 0.3) is 0 Å². The molecular formula is C20H18F2N2O. The molecule has 1 N–H and O–H groups in total. The number of amides is 1. The van der Waals surface area contributed by atoms with Gasteiger partial charge in [-0.05, 0) is 42.3 Å². The summed E-state index contributed by atoms with van der Waals surface area (Å²) in [5.41, 5.74) is 2.36. The molecule has 1 atom stereocenters. The summed E-state index contributed by atoms with van der Waals surface area (Å²) in [5, 5.41) is 2.63. The number of carbonyl (C=O) groups excluding carboxylic acids is 1. The number of halogens is 2. The van der Waals surface area contributed by atoms with E-state index in [4.69, 9.17) is 0 Å². The van der Waals surface area contributed by atoms with Crippen LogP contribution in [0.1, 0.15) is 23.6 Å². The van der Waals surface area contributed by atoms with E-state index in [-0.39, 0.29) is 24.1 Å². The lowest BCUT2D eigenvalue weighted by molar-refractivity contribution is -0.116. The number of rotatable bonds is 5. The van der Waals surface area contributed by atoms with Crippen molar-refractivity contribution in [2.75, 3.05) is 5.32 Å². The van der Waals surface area contributed by atoms with Crippen molar-refractivity contribution >= 4 is 11.6 Å². The van der Waals surface area contributed by atoms with Crippen molar-refractivity contribution in [1.29, 1.82) is 0 Å². The Bertz CT molecular complexity index is 875. The molecule has 0 saturated heterocycles. The summed E-state index contributed by atoms with van der Waals surface area (Å²) >= 11 is 0. The predicted octanol–water partition coefficient (Wildman–Crippen LogP) is 4.69. The molecule has 1 amide bonds. The number of aromatic nitrogens is 1. The smallest absolute Gasteiger partial charge is 0.226 e. The second-order valence-corrected chi connectivity index (χ2v) is 5.88. The average molecular weight is 340 g/mol. The molecular weight excluding hydrogens is 322 g/mol. The monoisotopic (exact) mass is 340 g/mol. The summed E-state index contributed by atoms with van der Waals surface area (Å²) < 4.78 is 28.3. The number of carbonyl (C=O) groups is 1. The largest absolute Gasteiger partial charge is 0.346 e. The Balaban J connectivity index is 1.82. The number of hydrogen-bond donors (Lipinski definition) is 1. The Kier molecular flexibility index (Phi) is 4.93. The normalized spacial score (nSPS) is 12.0. The van der Waals surface area contributed by atoms with Crippen LogP contribution < -0.4 is 5.32 Å². The van der Waals surface area contributed by atoms with Gasteiger partial charge < -0.3 is 9.88 Å². The highest BCUT2D eigenvalue weighted by Crippen LogP contribution is 2.26. The fraction of sp³-hybridized carbons (Fsp3) is 0.150. The van der Waals surface area contributed by atoms with E-state index >= 15 is 0 Å². The molecule has 1 aromatic heterocycles. The zero-order valence-corrected chi connectivity index (χ0v) is 13.7. The van der Waals surface area contributed by atoms with Crippen molar-refractivity contribution in [2.24, 2.45) is 0 Å². The molecule has 0 fully saturated rings. The van der Waals surface area contributed by atoms with Gasteiger partial charge in [0.15, 0.2) is 11.6 Å². The Morgan fingerprint density at radius 2 is 1.76 bits per heavy atom. The molecule has 2 aromatic carbocycles. The van der Waals surface area contributed by atoms with Crippen LogP contribution in [0.5, 0.6) is 0 Å². The molecule has 25 heavy (non-hydrogen) atoms. The van der Waals surface area contributed by atoms with Crippen LogP contribution in [-0.2, 0) is 4.79 Å². The molecule has 0 spiro atoms. The van der Waals surface area contributed by atoms with Gasteiger partial charge in [-0.3, -0.25) is 4.79 Å². The van der Waals surface area contributed by atoms with Crippen LogP contribution in [0.15, 0.2) is 67.0 Å². The highest BCUT2D eigenvalue weighted by molar-refractivity contribution is 5.91. The molecule has 3 nitrogen and oxygen atoms in total. The zero-order chi connectivity index (χ0) is 17.8. The van der Waals surface area contributed by atoms with E-state index in [0.29, 0.717) is 0 Å². The quantitative estimate of drug-likeness (QED) is 0.718. The second kappa shape index (κ2) is 7.30. The van der Waals surface area contributed by atoms with Gasteiger partial charge in [0.1, 0.15) is 0 Å². The minimum Gasteiger partial charge on any atom is -0.346 e. The number of aryl methyl sites for hydroxylation is 1. The van der Waals surface area contributed by atoms with Gasteiger partial charge in [0, 0.05) is 24.1 Å². The molecule has 0 aliphatic rings. The van der Waals surface area contributed by atoms with Crippen molar-refractivity contribution in [3.8, 4) is 0 Å². The van der Waals surface area contributed by atoms with Crippen LogP contribution >= 0.6 is 0 Å². The van der Waals surface area contributed by atoms with E-state index in [1.807, 2.05) is 60.3 Å². The van der Waals surface area contributed by atoms with Gasteiger partial charge in [0.25, 0.3) is 0 Å². The maximum Gasteiger partial charge on any atom is 0.226 e. The fourth-order valence-corrected chi connectivity index (χ4v) is 2.85. The zero-order valence-electron chi connectivity index (χ0n) is 13.7. The summed E-state index contributed by atoms with van der Waals surface area (Å²) in [4.78, 5) is 12.5. The summed E-state index contributed by atoms with van der Waals surface area (Å²) in [5.74, 6) is -2.20. The van der Waals surface area contributed by atoms with E-state index in [1.54, 1.807) is 0 Å². The SMILES string of the molecule is Cc1ccccc1[C@@H](CC(=O)Nc1ccc(F)c(F)c1)n1cccc1. The van der Waals surface area contributed by atoms with Crippen LogP contribution in [-0.4, -0.2) is 10.5 Å². The minimum absolute atomic E-state index is 0.179. The Morgan fingerprint density at radius 1 is 1.04 bits per heavy atom. The molecule has 0 bridgehead atoms. The lowest BCUT2D eigenvalue weighted by atomic mass is 9.98. The minimum atomic E-state index is -0.987. The van der Waals surface area contributed by atoms with Crippen LogP contribution in [0.4, 0.5) is 14.5 Å². The molecule has 0 aliphatic carbocycles. The van der Waals surface area contributed by atoms with Crippen LogP contribution in [0.3, 0.4) is 0 Å². The van der Waals surface area contributed by atoms with Gasteiger partial charge >= 0.3 is 0 Å². The first kappa shape index (κ1) is 16.9. The average Bonchev–Trinajstić information content (AvgIpc) is 3.11. The number of benzene rings is 2. The maximum atomic E-state index is 13.3. The lowest BCUT2D eigenvalue weighted by Gasteiger charge is -2.21. The number of nitrogens with one attached hydrogen (secondary N) is 1. The van der Waals surface area contributed by atoms with Crippen molar-refractivity contribution < 1.29 is 13.6 Å². The van der Waals surface area contributed by atoms with Gasteiger partial charge in [-0.2, -0.15) is 0 Å². The predicted molar refractivity (Wildman–Crippen MR) is 93.4 cm³/mol. The number of anilines is 1. The van der Waals surface area contributed by atoms with Gasteiger partial charge in [-0.25, -0.2) is 8.78 Å². The summed E-state index contributed by atoms with van der Waals surface area (Å²) in [6.07, 6.45) is 3.99. The number of hydrogen-bond acceptors (Lipinski definition) is 1. The van der Waals surface area contributed by atoms with Crippen molar-refractivity contribution in [2.45, 2.75) is 19.4 Å². The van der Waals surface area contributed by atoms with Crippen molar-refractivity contribution in [1.82, 2.24) is 4.57 Å². The molecule has 3 rings (SSSR count). The second-order valence-electron chi connectivity index (χ2n) is 5.88. The molecule has 0 unspecified atom stereocenters. The molecule has 128 valence electrons. The Hall–Kier alpha value is -2.95. The Labute approximate surface area is 144 Å². The molecule has 0 aliphatic heterocycles. The third kappa shape index (κ3) is 3.94. The first-order valence-corrected chi connectivity index (χ1v) is 7.97. The van der Waals surface area contributed by atoms with Gasteiger partial charge in [0.2, 0.25) is 5.91 Å². The third-order valence-electron chi connectivity index (χ3n) is 4.12. The van der Waals surface area contributed by atoms with E-state index in [0.717, 1.165) is 23.3 Å². The highest BCUT2D eigenvalue weighted by atomic mass is 19.2. The molecule has 0 saturated carbocycles. The number of nitrogens with zero attached hydrogens (tertiary/aromatic N) is 1. The Morgan fingerprint density at radius 3 is 2.44 bits per heavy atom.